The lowest BCUT2D eigenvalue weighted by atomic mass is 9.83. The standard InChI is InChI=1S/C33H33N5O5/c1-20-6-4-8-30(34-20)36-32(40)22-10-11-29(27(15-22)35-33(41)23-13-25(42-2)16-26(14-23)43-3)37-17-21-12-24(19-37)28-7-5-9-31(39)38(28)18-21/h4-11,13-16,21,24H,12,17-19H2,1-3H3,(H,35,41)(H,34,36,40)/t21-,24-/m0/s1. The van der Waals surface area contributed by atoms with Crippen LogP contribution >= 0.6 is 0 Å². The van der Waals surface area contributed by atoms with Crippen LogP contribution in [-0.2, 0) is 6.54 Å². The lowest BCUT2D eigenvalue weighted by Gasteiger charge is -2.44. The molecule has 4 aromatic rings. The van der Waals surface area contributed by atoms with Crippen molar-refractivity contribution < 1.29 is 19.1 Å². The molecule has 0 spiro atoms. The second-order valence-electron chi connectivity index (χ2n) is 11.0. The molecule has 220 valence electrons. The van der Waals surface area contributed by atoms with Gasteiger partial charge < -0.3 is 29.6 Å². The number of carbonyl (C=O) groups excluding carboxylic acids is 2. The normalized spacial score (nSPS) is 17.0. The molecule has 2 aromatic carbocycles. The Morgan fingerprint density at radius 3 is 2.33 bits per heavy atom. The van der Waals surface area contributed by atoms with E-state index < -0.39 is 0 Å². The molecule has 10 heteroatoms. The number of ether oxygens (including phenoxy) is 2. The molecule has 10 nitrogen and oxygen atoms in total. The molecule has 4 heterocycles. The van der Waals surface area contributed by atoms with Gasteiger partial charge in [0.05, 0.1) is 25.6 Å². The van der Waals surface area contributed by atoms with Crippen molar-refractivity contribution in [3.63, 3.8) is 0 Å². The van der Waals surface area contributed by atoms with Crippen LogP contribution in [0.1, 0.15) is 44.4 Å². The Hall–Kier alpha value is -5.12. The second-order valence-corrected chi connectivity index (χ2v) is 11.0. The Kier molecular flexibility index (Phi) is 7.58. The number of hydrogen-bond acceptors (Lipinski definition) is 7. The zero-order chi connectivity index (χ0) is 30.1. The number of benzene rings is 2. The van der Waals surface area contributed by atoms with E-state index in [0.717, 1.165) is 23.5 Å². The van der Waals surface area contributed by atoms with Crippen LogP contribution in [0.4, 0.5) is 17.2 Å². The number of fused-ring (bicyclic) bond motifs is 4. The highest BCUT2D eigenvalue weighted by molar-refractivity contribution is 6.09. The summed E-state index contributed by atoms with van der Waals surface area (Å²) in [6.45, 7) is 3.89. The molecule has 1 saturated heterocycles. The van der Waals surface area contributed by atoms with Gasteiger partial charge in [0, 0.05) is 60.2 Å². The summed E-state index contributed by atoms with van der Waals surface area (Å²) in [7, 11) is 3.05. The molecule has 2 aliphatic heterocycles. The fraction of sp³-hybridized carbons (Fsp3) is 0.273. The van der Waals surface area contributed by atoms with Gasteiger partial charge in [-0.25, -0.2) is 4.98 Å². The van der Waals surface area contributed by atoms with Gasteiger partial charge in [0.2, 0.25) is 0 Å². The minimum Gasteiger partial charge on any atom is -0.497 e. The number of hydrogen-bond donors (Lipinski definition) is 2. The maximum absolute atomic E-state index is 13.6. The highest BCUT2D eigenvalue weighted by Crippen LogP contribution is 2.39. The number of amides is 2. The number of nitrogens with zero attached hydrogens (tertiary/aromatic N) is 3. The van der Waals surface area contributed by atoms with Crippen LogP contribution in [-0.4, -0.2) is 48.7 Å². The molecular formula is C33H33N5O5. The molecule has 43 heavy (non-hydrogen) atoms. The molecule has 2 bridgehead atoms. The molecule has 0 saturated carbocycles. The van der Waals surface area contributed by atoms with Crippen LogP contribution in [0.15, 0.2) is 77.6 Å². The number of anilines is 3. The summed E-state index contributed by atoms with van der Waals surface area (Å²) in [5, 5.41) is 5.89. The fourth-order valence-corrected chi connectivity index (χ4v) is 6.08. The predicted molar refractivity (Wildman–Crippen MR) is 165 cm³/mol. The number of aromatic nitrogens is 2. The molecule has 1 fully saturated rings. The van der Waals surface area contributed by atoms with Crippen LogP contribution in [0.3, 0.4) is 0 Å². The van der Waals surface area contributed by atoms with E-state index in [0.29, 0.717) is 53.8 Å². The minimum atomic E-state index is -0.370. The fourth-order valence-electron chi connectivity index (χ4n) is 6.08. The summed E-state index contributed by atoms with van der Waals surface area (Å²) in [5.41, 5.74) is 3.88. The average molecular weight is 580 g/mol. The topological polar surface area (TPSA) is 115 Å². The number of aryl methyl sites for hydroxylation is 1. The largest absolute Gasteiger partial charge is 0.497 e. The monoisotopic (exact) mass is 579 g/mol. The zero-order valence-corrected chi connectivity index (χ0v) is 24.3. The van der Waals surface area contributed by atoms with Crippen LogP contribution < -0.4 is 30.6 Å². The van der Waals surface area contributed by atoms with Crippen molar-refractivity contribution in [1.29, 1.82) is 0 Å². The van der Waals surface area contributed by atoms with Crippen LogP contribution in [0.25, 0.3) is 0 Å². The van der Waals surface area contributed by atoms with Gasteiger partial charge in [-0.1, -0.05) is 12.1 Å². The predicted octanol–water partition coefficient (Wildman–Crippen LogP) is 4.70. The molecule has 2 amide bonds. The van der Waals surface area contributed by atoms with Gasteiger partial charge in [-0.05, 0) is 67.8 Å². The summed E-state index contributed by atoms with van der Waals surface area (Å²) >= 11 is 0. The maximum atomic E-state index is 13.6. The van der Waals surface area contributed by atoms with Gasteiger partial charge >= 0.3 is 0 Å². The van der Waals surface area contributed by atoms with Gasteiger partial charge in [0.15, 0.2) is 0 Å². The molecule has 2 atom stereocenters. The summed E-state index contributed by atoms with van der Waals surface area (Å²) in [6, 6.07) is 21.2. The first-order valence-electron chi connectivity index (χ1n) is 14.2. The van der Waals surface area contributed by atoms with Crippen molar-refractivity contribution in [3.8, 4) is 11.5 Å². The first kappa shape index (κ1) is 28.0. The highest BCUT2D eigenvalue weighted by atomic mass is 16.5. The second kappa shape index (κ2) is 11.6. The van der Waals surface area contributed by atoms with Crippen molar-refractivity contribution in [1.82, 2.24) is 9.55 Å². The SMILES string of the molecule is COc1cc(OC)cc(C(=O)Nc2cc(C(=O)Nc3cccc(C)n3)ccc2N2C[C@@H]3C[C@@H](C2)c2cccc(=O)n2C3)c1. The first-order valence-corrected chi connectivity index (χ1v) is 14.2. The van der Waals surface area contributed by atoms with Crippen molar-refractivity contribution in [3.05, 3.63) is 106 Å². The van der Waals surface area contributed by atoms with Gasteiger partial charge in [0.1, 0.15) is 17.3 Å². The van der Waals surface area contributed by atoms with E-state index in [2.05, 4.69) is 20.5 Å². The Morgan fingerprint density at radius 1 is 0.837 bits per heavy atom. The zero-order valence-electron chi connectivity index (χ0n) is 24.3. The molecule has 2 aromatic heterocycles. The van der Waals surface area contributed by atoms with Crippen LogP contribution in [0.5, 0.6) is 11.5 Å². The lowest BCUT2D eigenvalue weighted by Crippen LogP contribution is -2.47. The van der Waals surface area contributed by atoms with E-state index in [9.17, 15) is 14.4 Å². The molecule has 0 radical (unpaired) electrons. The van der Waals surface area contributed by atoms with Crippen molar-refractivity contribution in [2.75, 3.05) is 42.8 Å². The van der Waals surface area contributed by atoms with Gasteiger partial charge in [-0.2, -0.15) is 0 Å². The summed E-state index contributed by atoms with van der Waals surface area (Å²) in [4.78, 5) is 46.0. The van der Waals surface area contributed by atoms with Gasteiger partial charge in [-0.3, -0.25) is 14.4 Å². The lowest BCUT2D eigenvalue weighted by molar-refractivity contribution is 0.101. The molecule has 2 aliphatic rings. The third-order valence-electron chi connectivity index (χ3n) is 8.07. The van der Waals surface area contributed by atoms with Gasteiger partial charge in [-0.15, -0.1) is 0 Å². The first-order chi connectivity index (χ1) is 20.8. The Bertz CT molecular complexity index is 1740. The van der Waals surface area contributed by atoms with E-state index in [-0.39, 0.29) is 29.2 Å². The molecule has 0 aliphatic carbocycles. The van der Waals surface area contributed by atoms with E-state index in [1.54, 1.807) is 42.5 Å². The molecule has 6 rings (SSSR count). The number of methoxy groups -OCH3 is 2. The van der Waals surface area contributed by atoms with Crippen molar-refractivity contribution >= 4 is 29.0 Å². The molecule has 0 unspecified atom stereocenters. The van der Waals surface area contributed by atoms with Crippen molar-refractivity contribution in [2.24, 2.45) is 5.92 Å². The van der Waals surface area contributed by atoms with Crippen LogP contribution in [0.2, 0.25) is 0 Å². The van der Waals surface area contributed by atoms with E-state index >= 15 is 0 Å². The molecule has 2 N–H and O–H groups in total. The summed E-state index contributed by atoms with van der Waals surface area (Å²) in [6.07, 6.45) is 0.995. The third-order valence-corrected chi connectivity index (χ3v) is 8.07. The number of rotatable bonds is 7. The van der Waals surface area contributed by atoms with E-state index in [1.165, 1.54) is 14.2 Å². The third kappa shape index (κ3) is 5.81. The Balaban J connectivity index is 1.34. The number of carbonyl (C=O) groups is 2. The smallest absolute Gasteiger partial charge is 0.256 e. The van der Waals surface area contributed by atoms with Crippen LogP contribution in [0, 0.1) is 12.8 Å². The van der Waals surface area contributed by atoms with E-state index in [1.807, 2.05) is 41.8 Å². The molecular weight excluding hydrogens is 546 g/mol. The Morgan fingerprint density at radius 2 is 1.58 bits per heavy atom. The van der Waals surface area contributed by atoms with Gasteiger partial charge in [0.25, 0.3) is 17.4 Å². The van der Waals surface area contributed by atoms with E-state index in [4.69, 9.17) is 9.47 Å². The minimum absolute atomic E-state index is 0.0285. The van der Waals surface area contributed by atoms with Crippen molar-refractivity contribution in [2.45, 2.75) is 25.8 Å². The number of nitrogens with one attached hydrogen (secondary N) is 2. The highest BCUT2D eigenvalue weighted by Gasteiger charge is 2.35. The quantitative estimate of drug-likeness (QED) is 0.326. The number of piperidine rings is 1. The summed E-state index contributed by atoms with van der Waals surface area (Å²) in [5.74, 6) is 1.15. The summed E-state index contributed by atoms with van der Waals surface area (Å²) < 4.78 is 12.6. The average Bonchev–Trinajstić information content (AvgIpc) is 3.01. The Labute approximate surface area is 249 Å². The number of pyridine rings is 2. The maximum Gasteiger partial charge on any atom is 0.256 e.